The molecule has 0 heterocycles. The van der Waals surface area contributed by atoms with Crippen molar-refractivity contribution in [1.82, 2.24) is 10.6 Å². The second-order valence-corrected chi connectivity index (χ2v) is 9.57. The van der Waals surface area contributed by atoms with Gasteiger partial charge in [0.2, 0.25) is 5.91 Å². The van der Waals surface area contributed by atoms with Gasteiger partial charge in [0, 0.05) is 12.0 Å². The summed E-state index contributed by atoms with van der Waals surface area (Å²) >= 11 is 0. The maximum atomic E-state index is 13.1. The zero-order valence-electron chi connectivity index (χ0n) is 20.0. The fraction of sp³-hybridized carbons (Fsp3) is 0.393. The van der Waals surface area contributed by atoms with Crippen LogP contribution >= 0.6 is 0 Å². The maximum absolute atomic E-state index is 13.1. The van der Waals surface area contributed by atoms with E-state index in [0.29, 0.717) is 12.8 Å². The number of amides is 2. The topological polar surface area (TPSA) is 105 Å². The molecule has 3 unspecified atom stereocenters. The molecule has 3 atom stereocenters. The van der Waals surface area contributed by atoms with E-state index >= 15 is 0 Å². The first-order valence-electron chi connectivity index (χ1n) is 12.1. The first kappa shape index (κ1) is 24.5. The van der Waals surface area contributed by atoms with Crippen molar-refractivity contribution in [2.45, 2.75) is 57.0 Å². The van der Waals surface area contributed by atoms with Crippen LogP contribution in [0.2, 0.25) is 0 Å². The Morgan fingerprint density at radius 2 is 1.74 bits per heavy atom. The SMILES string of the molecule is C=CCC(NC(=O)C1(C)CCCCC1NC(=O)OCC1c2ccccc2-c2ccccc21)C(=O)O. The minimum atomic E-state index is -1.11. The van der Waals surface area contributed by atoms with Gasteiger partial charge in [-0.25, -0.2) is 9.59 Å². The summed E-state index contributed by atoms with van der Waals surface area (Å²) < 4.78 is 5.68. The predicted octanol–water partition coefficient (Wildman–Crippen LogP) is 4.62. The van der Waals surface area contributed by atoms with Crippen molar-refractivity contribution in [3.05, 3.63) is 72.3 Å². The number of carbonyl (C=O) groups is 3. The summed E-state index contributed by atoms with van der Waals surface area (Å²) in [7, 11) is 0. The Labute approximate surface area is 205 Å². The third-order valence-corrected chi connectivity index (χ3v) is 7.37. The van der Waals surface area contributed by atoms with Crippen LogP contribution in [-0.4, -0.2) is 41.8 Å². The number of nitrogens with one attached hydrogen (secondary N) is 2. The van der Waals surface area contributed by atoms with Crippen molar-refractivity contribution in [3.63, 3.8) is 0 Å². The predicted molar refractivity (Wildman–Crippen MR) is 133 cm³/mol. The maximum Gasteiger partial charge on any atom is 0.407 e. The molecule has 1 saturated carbocycles. The van der Waals surface area contributed by atoms with Crippen LogP contribution in [0.3, 0.4) is 0 Å². The normalized spacial score (nSPS) is 21.8. The molecule has 1 fully saturated rings. The number of benzene rings is 2. The Morgan fingerprint density at radius 3 is 2.34 bits per heavy atom. The van der Waals surface area contributed by atoms with Crippen molar-refractivity contribution in [2.75, 3.05) is 6.61 Å². The first-order valence-corrected chi connectivity index (χ1v) is 12.1. The molecule has 0 radical (unpaired) electrons. The Morgan fingerprint density at radius 1 is 1.11 bits per heavy atom. The average Bonchev–Trinajstić information content (AvgIpc) is 3.17. The van der Waals surface area contributed by atoms with Gasteiger partial charge in [-0.15, -0.1) is 6.58 Å². The minimum absolute atomic E-state index is 0.0515. The number of carboxylic acids is 1. The van der Waals surface area contributed by atoms with E-state index in [1.54, 1.807) is 6.92 Å². The smallest absolute Gasteiger partial charge is 0.407 e. The molecule has 2 amide bonds. The molecular formula is C28H32N2O5. The molecule has 184 valence electrons. The number of carboxylic acid groups (broad SMARTS) is 1. The van der Waals surface area contributed by atoms with Gasteiger partial charge < -0.3 is 20.5 Å². The van der Waals surface area contributed by atoms with Crippen molar-refractivity contribution in [2.24, 2.45) is 5.41 Å². The number of carbonyl (C=O) groups excluding carboxylic acids is 2. The molecule has 2 aromatic rings. The highest BCUT2D eigenvalue weighted by Gasteiger charge is 2.45. The Hall–Kier alpha value is -3.61. The molecule has 35 heavy (non-hydrogen) atoms. The van der Waals surface area contributed by atoms with Gasteiger partial charge in [-0.05, 0) is 48.4 Å². The van der Waals surface area contributed by atoms with E-state index in [1.165, 1.54) is 6.08 Å². The summed E-state index contributed by atoms with van der Waals surface area (Å²) in [5.41, 5.74) is 3.64. The van der Waals surface area contributed by atoms with Crippen LogP contribution in [0, 0.1) is 5.41 Å². The van der Waals surface area contributed by atoms with E-state index in [9.17, 15) is 19.5 Å². The molecule has 0 spiro atoms. The highest BCUT2D eigenvalue weighted by atomic mass is 16.5. The standard InChI is InChI=1S/C28H32N2O5/c1-3-10-23(25(31)32)29-26(33)28(2)16-9-8-15-24(28)30-27(34)35-17-22-20-13-6-4-11-18(20)19-12-5-7-14-21(19)22/h3-7,11-14,22-24H,1,8-10,15-17H2,2H3,(H,29,33)(H,30,34)(H,31,32). The Balaban J connectivity index is 1.43. The van der Waals surface area contributed by atoms with Crippen LogP contribution in [0.15, 0.2) is 61.2 Å². The van der Waals surface area contributed by atoms with Crippen molar-refractivity contribution < 1.29 is 24.2 Å². The second kappa shape index (κ2) is 10.3. The number of alkyl carbamates (subject to hydrolysis) is 1. The number of ether oxygens (including phenoxy) is 1. The van der Waals surface area contributed by atoms with Gasteiger partial charge in [-0.1, -0.05) is 67.4 Å². The number of rotatable bonds is 8. The third-order valence-electron chi connectivity index (χ3n) is 7.37. The largest absolute Gasteiger partial charge is 0.480 e. The van der Waals surface area contributed by atoms with Gasteiger partial charge in [0.15, 0.2) is 0 Å². The summed E-state index contributed by atoms with van der Waals surface area (Å²) in [6.45, 7) is 5.54. The second-order valence-electron chi connectivity index (χ2n) is 9.57. The summed E-state index contributed by atoms with van der Waals surface area (Å²) in [5, 5.41) is 14.9. The van der Waals surface area contributed by atoms with Crippen molar-refractivity contribution in [1.29, 1.82) is 0 Å². The molecule has 7 heteroatoms. The van der Waals surface area contributed by atoms with E-state index in [0.717, 1.165) is 35.1 Å². The molecule has 0 bridgehead atoms. The van der Waals surface area contributed by atoms with Crippen LogP contribution in [0.5, 0.6) is 0 Å². The molecule has 2 aliphatic carbocycles. The van der Waals surface area contributed by atoms with Gasteiger partial charge in [-0.2, -0.15) is 0 Å². The number of aliphatic carboxylic acids is 1. The lowest BCUT2D eigenvalue weighted by atomic mass is 9.71. The Kier molecular flexibility index (Phi) is 7.24. The highest BCUT2D eigenvalue weighted by Crippen LogP contribution is 2.44. The fourth-order valence-corrected chi connectivity index (χ4v) is 5.33. The first-order chi connectivity index (χ1) is 16.8. The molecule has 2 aromatic carbocycles. The van der Waals surface area contributed by atoms with Crippen LogP contribution in [0.25, 0.3) is 11.1 Å². The van der Waals surface area contributed by atoms with Gasteiger partial charge in [0.05, 0.1) is 5.41 Å². The molecule has 0 saturated heterocycles. The monoisotopic (exact) mass is 476 g/mol. The fourth-order valence-electron chi connectivity index (χ4n) is 5.33. The lowest BCUT2D eigenvalue weighted by molar-refractivity contribution is -0.144. The Bertz CT molecular complexity index is 1080. The quantitative estimate of drug-likeness (QED) is 0.482. The van der Waals surface area contributed by atoms with Crippen LogP contribution < -0.4 is 10.6 Å². The molecule has 4 rings (SSSR count). The zero-order chi connectivity index (χ0) is 25.0. The highest BCUT2D eigenvalue weighted by molar-refractivity contribution is 5.88. The lowest BCUT2D eigenvalue weighted by Crippen LogP contribution is -2.57. The molecule has 2 aliphatic rings. The van der Waals surface area contributed by atoms with Gasteiger partial charge in [0.1, 0.15) is 12.6 Å². The third kappa shape index (κ3) is 4.94. The van der Waals surface area contributed by atoms with Gasteiger partial charge in [-0.3, -0.25) is 4.79 Å². The number of fused-ring (bicyclic) bond motifs is 3. The summed E-state index contributed by atoms with van der Waals surface area (Å²) in [5.74, 6) is -1.54. The van der Waals surface area contributed by atoms with Crippen LogP contribution in [0.1, 0.15) is 56.1 Å². The van der Waals surface area contributed by atoms with E-state index < -0.39 is 29.6 Å². The van der Waals surface area contributed by atoms with Gasteiger partial charge >= 0.3 is 12.1 Å². The van der Waals surface area contributed by atoms with E-state index in [4.69, 9.17) is 4.74 Å². The van der Waals surface area contributed by atoms with Crippen LogP contribution in [-0.2, 0) is 14.3 Å². The summed E-state index contributed by atoms with van der Waals surface area (Å²) in [4.78, 5) is 37.5. The zero-order valence-corrected chi connectivity index (χ0v) is 20.0. The molecule has 7 nitrogen and oxygen atoms in total. The molecule has 3 N–H and O–H groups in total. The molecular weight excluding hydrogens is 444 g/mol. The lowest BCUT2D eigenvalue weighted by Gasteiger charge is -2.40. The van der Waals surface area contributed by atoms with Gasteiger partial charge in [0.25, 0.3) is 0 Å². The molecule has 0 aliphatic heterocycles. The summed E-state index contributed by atoms with van der Waals surface area (Å²) in [6, 6.07) is 14.8. The van der Waals surface area contributed by atoms with Crippen molar-refractivity contribution in [3.8, 4) is 11.1 Å². The summed E-state index contributed by atoms with van der Waals surface area (Å²) in [6.07, 6.45) is 3.88. The average molecular weight is 477 g/mol. The van der Waals surface area contributed by atoms with E-state index in [1.807, 2.05) is 24.3 Å². The van der Waals surface area contributed by atoms with Crippen LogP contribution in [0.4, 0.5) is 4.79 Å². The molecule has 0 aromatic heterocycles. The number of hydrogen-bond acceptors (Lipinski definition) is 4. The van der Waals surface area contributed by atoms with E-state index in [-0.39, 0.29) is 24.9 Å². The minimum Gasteiger partial charge on any atom is -0.480 e. The van der Waals surface area contributed by atoms with E-state index in [2.05, 4.69) is 41.5 Å². The number of hydrogen-bond donors (Lipinski definition) is 3. The van der Waals surface area contributed by atoms with Crippen molar-refractivity contribution >= 4 is 18.0 Å².